The van der Waals surface area contributed by atoms with Gasteiger partial charge in [0.05, 0.1) is 26.2 Å². The van der Waals surface area contributed by atoms with Crippen molar-refractivity contribution >= 4 is 23.3 Å². The van der Waals surface area contributed by atoms with Crippen molar-refractivity contribution in [1.82, 2.24) is 5.32 Å². The van der Waals surface area contributed by atoms with E-state index in [9.17, 15) is 9.59 Å². The number of para-hydroxylation sites is 1. The molecule has 0 unspecified atom stereocenters. The maximum absolute atomic E-state index is 12.2. The molecule has 8 nitrogen and oxygen atoms in total. The summed E-state index contributed by atoms with van der Waals surface area (Å²) in [5.41, 5.74) is 1.74. The Morgan fingerprint density at radius 2 is 1.75 bits per heavy atom. The van der Waals surface area contributed by atoms with Crippen LogP contribution in [0.5, 0.6) is 11.5 Å². The van der Waals surface area contributed by atoms with E-state index >= 15 is 0 Å². The van der Waals surface area contributed by atoms with Gasteiger partial charge in [-0.25, -0.2) is 4.79 Å². The normalized spacial score (nSPS) is 15.9. The number of hydrogen-bond donors (Lipinski definition) is 3. The van der Waals surface area contributed by atoms with Gasteiger partial charge in [-0.2, -0.15) is 0 Å². The smallest absolute Gasteiger partial charge is 0.326 e. The van der Waals surface area contributed by atoms with E-state index in [0.717, 1.165) is 26.2 Å². The number of amides is 3. The van der Waals surface area contributed by atoms with Gasteiger partial charge in [-0.15, -0.1) is 0 Å². The zero-order valence-corrected chi connectivity index (χ0v) is 15.4. The van der Waals surface area contributed by atoms with Crippen LogP contribution in [0.3, 0.4) is 0 Å². The Kier molecular flexibility index (Phi) is 5.29. The lowest BCUT2D eigenvalue weighted by atomic mass is 10.2. The summed E-state index contributed by atoms with van der Waals surface area (Å²) in [6.07, 6.45) is 0. The molecule has 2 aromatic rings. The molecule has 0 saturated carbocycles. The van der Waals surface area contributed by atoms with Gasteiger partial charge in [-0.05, 0) is 24.3 Å². The molecule has 0 aliphatic carbocycles. The largest absolute Gasteiger partial charge is 0.454 e. The van der Waals surface area contributed by atoms with E-state index < -0.39 is 6.03 Å². The summed E-state index contributed by atoms with van der Waals surface area (Å²) in [7, 11) is 0. The molecule has 1 saturated heterocycles. The predicted octanol–water partition coefficient (Wildman–Crippen LogP) is 0.469. The maximum atomic E-state index is 12.2. The molecule has 146 valence electrons. The van der Waals surface area contributed by atoms with E-state index in [1.54, 1.807) is 18.2 Å². The van der Waals surface area contributed by atoms with Crippen LogP contribution in [0.4, 0.5) is 16.2 Å². The average Bonchev–Trinajstić information content (AvgIpc) is 3.17. The molecule has 2 heterocycles. The molecule has 2 aliphatic heterocycles. The first-order valence-electron chi connectivity index (χ1n) is 9.31. The number of nitrogens with one attached hydrogen (secondary N) is 3. The third kappa shape index (κ3) is 4.34. The topological polar surface area (TPSA) is 84.3 Å². The molecule has 2 aliphatic rings. The Labute approximate surface area is 163 Å². The summed E-state index contributed by atoms with van der Waals surface area (Å²) < 4.78 is 10.5. The Morgan fingerprint density at radius 3 is 2.54 bits per heavy atom. The molecule has 0 bridgehead atoms. The van der Waals surface area contributed by atoms with Crippen LogP contribution in [-0.2, 0) is 4.79 Å². The van der Waals surface area contributed by atoms with Crippen molar-refractivity contribution in [3.63, 3.8) is 0 Å². The summed E-state index contributed by atoms with van der Waals surface area (Å²) in [6, 6.07) is 14.8. The quantitative estimate of drug-likeness (QED) is 0.715. The van der Waals surface area contributed by atoms with E-state index in [4.69, 9.17) is 9.47 Å². The number of ether oxygens (including phenoxy) is 2. The zero-order valence-electron chi connectivity index (χ0n) is 15.4. The molecule has 0 atom stereocenters. The monoisotopic (exact) mass is 383 g/mol. The minimum atomic E-state index is -0.550. The molecular weight excluding hydrogens is 360 g/mol. The highest BCUT2D eigenvalue weighted by molar-refractivity contribution is 6.01. The second-order valence-corrected chi connectivity index (χ2v) is 6.82. The van der Waals surface area contributed by atoms with Crippen molar-refractivity contribution in [2.24, 2.45) is 0 Å². The second-order valence-electron chi connectivity index (χ2n) is 6.82. The van der Waals surface area contributed by atoms with Gasteiger partial charge in [-0.3, -0.25) is 10.1 Å². The number of piperazine rings is 1. The Balaban J connectivity index is 1.22. The van der Waals surface area contributed by atoms with E-state index in [-0.39, 0.29) is 19.2 Å². The van der Waals surface area contributed by atoms with Gasteiger partial charge in [0.25, 0.3) is 5.91 Å². The second kappa shape index (κ2) is 8.18. The van der Waals surface area contributed by atoms with Crippen molar-refractivity contribution in [3.05, 3.63) is 48.5 Å². The van der Waals surface area contributed by atoms with E-state index in [0.29, 0.717) is 17.2 Å². The number of urea groups is 1. The number of quaternary nitrogens is 1. The summed E-state index contributed by atoms with van der Waals surface area (Å²) in [4.78, 5) is 27.7. The first-order chi connectivity index (χ1) is 13.7. The number of imide groups is 1. The van der Waals surface area contributed by atoms with Crippen LogP contribution >= 0.6 is 0 Å². The molecule has 0 aromatic heterocycles. The highest BCUT2D eigenvalue weighted by Gasteiger charge is 2.23. The molecular formula is C20H23N4O4+. The fourth-order valence-electron chi connectivity index (χ4n) is 3.43. The highest BCUT2D eigenvalue weighted by atomic mass is 16.7. The Morgan fingerprint density at radius 1 is 1.00 bits per heavy atom. The van der Waals surface area contributed by atoms with Crippen LogP contribution in [-0.4, -0.2) is 51.5 Å². The van der Waals surface area contributed by atoms with Crippen molar-refractivity contribution in [2.75, 3.05) is 49.7 Å². The Hall–Kier alpha value is -3.26. The lowest BCUT2D eigenvalue weighted by Crippen LogP contribution is -3.16. The molecule has 0 radical (unpaired) electrons. The van der Waals surface area contributed by atoms with Crippen molar-refractivity contribution in [3.8, 4) is 11.5 Å². The number of fused-ring (bicyclic) bond motifs is 1. The minimum Gasteiger partial charge on any atom is -0.454 e. The third-order valence-corrected chi connectivity index (χ3v) is 4.89. The number of anilines is 2. The molecule has 4 rings (SSSR count). The number of hydrogen-bond acceptors (Lipinski definition) is 5. The standard InChI is InChI=1S/C20H22N4O4/c25-19(13-23-8-10-24(11-9-23)16-4-2-1-3-5-16)22-20(26)21-15-6-7-17-18(12-15)28-14-27-17/h1-7,12H,8-11,13-14H2,(H2,21,22,25,26)/p+1. The van der Waals surface area contributed by atoms with Gasteiger partial charge < -0.3 is 24.6 Å². The van der Waals surface area contributed by atoms with Crippen LogP contribution in [0.1, 0.15) is 0 Å². The van der Waals surface area contributed by atoms with Crippen LogP contribution < -0.4 is 29.9 Å². The fraction of sp³-hybridized carbons (Fsp3) is 0.300. The Bertz CT molecular complexity index is 851. The fourth-order valence-corrected chi connectivity index (χ4v) is 3.43. The van der Waals surface area contributed by atoms with Crippen LogP contribution in [0.15, 0.2) is 48.5 Å². The van der Waals surface area contributed by atoms with Crippen molar-refractivity contribution in [2.45, 2.75) is 0 Å². The summed E-state index contributed by atoms with van der Waals surface area (Å²) in [6.45, 7) is 3.92. The first-order valence-corrected chi connectivity index (χ1v) is 9.31. The van der Waals surface area contributed by atoms with Gasteiger partial charge in [0.1, 0.15) is 0 Å². The molecule has 28 heavy (non-hydrogen) atoms. The number of nitrogens with zero attached hydrogens (tertiary/aromatic N) is 1. The number of benzene rings is 2. The van der Waals surface area contributed by atoms with Crippen molar-refractivity contribution < 1.29 is 24.0 Å². The van der Waals surface area contributed by atoms with E-state index in [2.05, 4.69) is 27.7 Å². The molecule has 2 aromatic carbocycles. The summed E-state index contributed by atoms with van der Waals surface area (Å²) in [5.74, 6) is 0.923. The molecule has 8 heteroatoms. The van der Waals surface area contributed by atoms with Crippen molar-refractivity contribution in [1.29, 1.82) is 0 Å². The molecule has 0 spiro atoms. The third-order valence-electron chi connectivity index (χ3n) is 4.89. The lowest BCUT2D eigenvalue weighted by molar-refractivity contribution is -0.892. The summed E-state index contributed by atoms with van der Waals surface area (Å²) in [5, 5.41) is 5.04. The van der Waals surface area contributed by atoms with Gasteiger partial charge in [0.15, 0.2) is 18.0 Å². The number of carbonyl (C=O) groups excluding carboxylic acids is 2. The van der Waals surface area contributed by atoms with Crippen LogP contribution in [0, 0.1) is 0 Å². The molecule has 3 N–H and O–H groups in total. The SMILES string of the molecule is O=C(C[NH+]1CCN(c2ccccc2)CC1)NC(=O)Nc1ccc2c(c1)OCO2. The number of rotatable bonds is 4. The van der Waals surface area contributed by atoms with Gasteiger partial charge in [0.2, 0.25) is 6.79 Å². The van der Waals surface area contributed by atoms with Gasteiger partial charge in [0, 0.05) is 17.4 Å². The predicted molar refractivity (Wildman–Crippen MR) is 104 cm³/mol. The molecule has 1 fully saturated rings. The van der Waals surface area contributed by atoms with Crippen LogP contribution in [0.2, 0.25) is 0 Å². The van der Waals surface area contributed by atoms with E-state index in [1.165, 1.54) is 10.6 Å². The first kappa shape index (κ1) is 18.1. The van der Waals surface area contributed by atoms with E-state index in [1.807, 2.05) is 18.2 Å². The molecule has 3 amide bonds. The minimum absolute atomic E-state index is 0.170. The maximum Gasteiger partial charge on any atom is 0.326 e. The van der Waals surface area contributed by atoms with Gasteiger partial charge >= 0.3 is 6.03 Å². The lowest BCUT2D eigenvalue weighted by Gasteiger charge is -2.33. The van der Waals surface area contributed by atoms with Crippen LogP contribution in [0.25, 0.3) is 0 Å². The van der Waals surface area contributed by atoms with Gasteiger partial charge in [-0.1, -0.05) is 18.2 Å². The highest BCUT2D eigenvalue weighted by Crippen LogP contribution is 2.34. The number of carbonyl (C=O) groups is 2. The zero-order chi connectivity index (χ0) is 19.3. The average molecular weight is 383 g/mol. The summed E-state index contributed by atoms with van der Waals surface area (Å²) >= 11 is 0.